The molecular formula is C21H16F2N4O3S. The smallest absolute Gasteiger partial charge is 0.265 e. The Bertz CT molecular complexity index is 1410. The minimum Gasteiger partial charge on any atom is -0.495 e. The number of benzene rings is 3. The average Bonchev–Trinajstić information content (AvgIpc) is 2.76. The Kier molecular flexibility index (Phi) is 5.15. The van der Waals surface area contributed by atoms with Gasteiger partial charge in [0.15, 0.2) is 5.82 Å². The minimum absolute atomic E-state index is 0.0744. The summed E-state index contributed by atoms with van der Waals surface area (Å²) < 4.78 is 62.7. The van der Waals surface area contributed by atoms with E-state index in [2.05, 4.69) is 14.7 Å². The van der Waals surface area contributed by atoms with Crippen LogP contribution in [0.15, 0.2) is 65.7 Å². The summed E-state index contributed by atoms with van der Waals surface area (Å²) in [7, 11) is -2.88. The van der Waals surface area contributed by atoms with Crippen molar-refractivity contribution < 1.29 is 21.9 Å². The maximum atomic E-state index is 15.3. The fourth-order valence-corrected chi connectivity index (χ4v) is 4.37. The van der Waals surface area contributed by atoms with Crippen LogP contribution in [0.5, 0.6) is 5.75 Å². The van der Waals surface area contributed by atoms with E-state index in [1.165, 1.54) is 43.6 Å². The first-order chi connectivity index (χ1) is 14.8. The molecule has 0 amide bonds. The molecule has 0 radical (unpaired) electrons. The predicted octanol–water partition coefficient (Wildman–Crippen LogP) is 3.97. The van der Waals surface area contributed by atoms with Crippen molar-refractivity contribution in [2.75, 3.05) is 17.6 Å². The van der Waals surface area contributed by atoms with Crippen LogP contribution < -0.4 is 15.2 Å². The molecule has 1 heterocycles. The number of nitrogens with one attached hydrogen (secondary N) is 1. The molecule has 10 heteroatoms. The highest BCUT2D eigenvalue weighted by atomic mass is 32.2. The first-order valence-corrected chi connectivity index (χ1v) is 10.4. The number of rotatable bonds is 5. The van der Waals surface area contributed by atoms with Gasteiger partial charge in [-0.1, -0.05) is 18.2 Å². The molecule has 0 bridgehead atoms. The van der Waals surface area contributed by atoms with Crippen molar-refractivity contribution in [3.05, 3.63) is 72.4 Å². The SMILES string of the molecule is COc1ccccc1S(=O)(=O)Nc1ccc(F)c(-c2ccc3nc(N)ncc3c2)c1F. The normalized spacial score (nSPS) is 11.5. The van der Waals surface area contributed by atoms with E-state index in [0.717, 1.165) is 12.1 Å². The molecule has 0 aliphatic carbocycles. The summed E-state index contributed by atoms with van der Waals surface area (Å²) in [6.45, 7) is 0. The van der Waals surface area contributed by atoms with E-state index in [1.54, 1.807) is 12.1 Å². The van der Waals surface area contributed by atoms with Crippen molar-refractivity contribution in [2.24, 2.45) is 0 Å². The van der Waals surface area contributed by atoms with Crippen LogP contribution >= 0.6 is 0 Å². The van der Waals surface area contributed by atoms with Crippen LogP contribution in [0.1, 0.15) is 0 Å². The first kappa shape index (κ1) is 20.5. The summed E-state index contributed by atoms with van der Waals surface area (Å²) >= 11 is 0. The number of para-hydroxylation sites is 1. The molecule has 0 unspecified atom stereocenters. The Morgan fingerprint density at radius 3 is 2.61 bits per heavy atom. The number of nitrogens with zero attached hydrogens (tertiary/aromatic N) is 2. The van der Waals surface area contributed by atoms with Gasteiger partial charge in [-0.05, 0) is 42.0 Å². The molecule has 0 atom stereocenters. The van der Waals surface area contributed by atoms with Gasteiger partial charge in [-0.2, -0.15) is 0 Å². The van der Waals surface area contributed by atoms with E-state index in [0.29, 0.717) is 10.9 Å². The van der Waals surface area contributed by atoms with E-state index in [-0.39, 0.29) is 27.7 Å². The second-order valence-electron chi connectivity index (χ2n) is 6.54. The van der Waals surface area contributed by atoms with Gasteiger partial charge >= 0.3 is 0 Å². The number of aromatic nitrogens is 2. The van der Waals surface area contributed by atoms with Gasteiger partial charge in [0, 0.05) is 11.6 Å². The molecule has 0 saturated carbocycles. The van der Waals surface area contributed by atoms with Gasteiger partial charge in [0.2, 0.25) is 5.95 Å². The number of hydrogen-bond acceptors (Lipinski definition) is 6. The monoisotopic (exact) mass is 442 g/mol. The molecular weight excluding hydrogens is 426 g/mol. The summed E-state index contributed by atoms with van der Waals surface area (Å²) in [6, 6.07) is 12.4. The number of anilines is 2. The third kappa shape index (κ3) is 3.84. The zero-order valence-electron chi connectivity index (χ0n) is 16.1. The van der Waals surface area contributed by atoms with E-state index in [9.17, 15) is 12.8 Å². The van der Waals surface area contributed by atoms with Gasteiger partial charge in [-0.3, -0.25) is 4.72 Å². The van der Waals surface area contributed by atoms with Gasteiger partial charge in [0.25, 0.3) is 10.0 Å². The van der Waals surface area contributed by atoms with Gasteiger partial charge in [0.05, 0.1) is 23.9 Å². The molecule has 0 aliphatic heterocycles. The van der Waals surface area contributed by atoms with Crippen molar-refractivity contribution in [3.8, 4) is 16.9 Å². The van der Waals surface area contributed by atoms with E-state index in [1.807, 2.05) is 0 Å². The van der Waals surface area contributed by atoms with Crippen molar-refractivity contribution in [1.82, 2.24) is 9.97 Å². The van der Waals surface area contributed by atoms with Gasteiger partial charge in [-0.15, -0.1) is 0 Å². The second-order valence-corrected chi connectivity index (χ2v) is 8.19. The third-order valence-corrected chi connectivity index (χ3v) is 5.99. The van der Waals surface area contributed by atoms with E-state index < -0.39 is 27.3 Å². The summed E-state index contributed by atoms with van der Waals surface area (Å²) in [6.07, 6.45) is 1.44. The molecule has 1 aromatic heterocycles. The fraction of sp³-hybridized carbons (Fsp3) is 0.0476. The Balaban J connectivity index is 1.79. The molecule has 0 saturated heterocycles. The molecule has 158 valence electrons. The van der Waals surface area contributed by atoms with Crippen LogP contribution in [-0.2, 0) is 10.0 Å². The molecule has 4 aromatic rings. The average molecular weight is 442 g/mol. The topological polar surface area (TPSA) is 107 Å². The second kappa shape index (κ2) is 7.80. The Morgan fingerprint density at radius 1 is 1.06 bits per heavy atom. The molecule has 3 aromatic carbocycles. The van der Waals surface area contributed by atoms with Gasteiger partial charge in [-0.25, -0.2) is 27.2 Å². The standard InChI is InChI=1S/C21H16F2N4O3S/c1-30-17-4-2-3-5-18(17)31(28,29)27-16-9-7-14(22)19(20(16)23)12-6-8-15-13(10-12)11-25-21(24)26-15/h2-11,27H,1H3,(H2,24,25,26). The summed E-state index contributed by atoms with van der Waals surface area (Å²) in [5.41, 5.74) is 5.45. The van der Waals surface area contributed by atoms with Gasteiger partial charge in [0.1, 0.15) is 16.5 Å². The Morgan fingerprint density at radius 2 is 1.84 bits per heavy atom. The van der Waals surface area contributed by atoms with Crippen molar-refractivity contribution >= 4 is 32.6 Å². The zero-order valence-corrected chi connectivity index (χ0v) is 17.0. The number of nitrogen functional groups attached to an aromatic ring is 1. The molecule has 7 nitrogen and oxygen atoms in total. The third-order valence-electron chi connectivity index (χ3n) is 4.58. The fourth-order valence-electron chi connectivity index (χ4n) is 3.14. The molecule has 3 N–H and O–H groups in total. The number of hydrogen-bond donors (Lipinski definition) is 2. The lowest BCUT2D eigenvalue weighted by Gasteiger charge is -2.14. The lowest BCUT2D eigenvalue weighted by Crippen LogP contribution is -2.15. The predicted molar refractivity (Wildman–Crippen MR) is 113 cm³/mol. The number of fused-ring (bicyclic) bond motifs is 1. The van der Waals surface area contributed by atoms with Crippen LogP contribution in [0.4, 0.5) is 20.4 Å². The number of sulfonamides is 1. The minimum atomic E-state index is -4.20. The number of methoxy groups -OCH3 is 1. The van der Waals surface area contributed by atoms with Crippen molar-refractivity contribution in [2.45, 2.75) is 4.90 Å². The van der Waals surface area contributed by atoms with E-state index in [4.69, 9.17) is 10.5 Å². The maximum absolute atomic E-state index is 15.3. The van der Waals surface area contributed by atoms with Crippen molar-refractivity contribution in [3.63, 3.8) is 0 Å². The molecule has 31 heavy (non-hydrogen) atoms. The van der Waals surface area contributed by atoms with Crippen LogP contribution in [0, 0.1) is 11.6 Å². The highest BCUT2D eigenvalue weighted by molar-refractivity contribution is 7.92. The number of ether oxygens (including phenoxy) is 1. The van der Waals surface area contributed by atoms with E-state index >= 15 is 4.39 Å². The Hall–Kier alpha value is -3.79. The van der Waals surface area contributed by atoms with Crippen molar-refractivity contribution in [1.29, 1.82) is 0 Å². The Labute approximate surface area is 176 Å². The first-order valence-electron chi connectivity index (χ1n) is 8.96. The number of nitrogens with two attached hydrogens (primary N) is 1. The highest BCUT2D eigenvalue weighted by Gasteiger charge is 2.23. The molecule has 0 aliphatic rings. The molecule has 4 rings (SSSR count). The van der Waals surface area contributed by atoms with Crippen LogP contribution in [0.25, 0.3) is 22.0 Å². The van der Waals surface area contributed by atoms with Crippen LogP contribution in [-0.4, -0.2) is 25.5 Å². The summed E-state index contributed by atoms with van der Waals surface area (Å²) in [4.78, 5) is 7.75. The highest BCUT2D eigenvalue weighted by Crippen LogP contribution is 2.34. The largest absolute Gasteiger partial charge is 0.495 e. The quantitative estimate of drug-likeness (QED) is 0.484. The molecule has 0 fully saturated rings. The zero-order chi connectivity index (χ0) is 22.2. The number of halogens is 2. The lowest BCUT2D eigenvalue weighted by molar-refractivity contribution is 0.403. The maximum Gasteiger partial charge on any atom is 0.265 e. The summed E-state index contributed by atoms with van der Waals surface area (Å²) in [5.74, 6) is -1.75. The summed E-state index contributed by atoms with van der Waals surface area (Å²) in [5, 5.41) is 0.519. The van der Waals surface area contributed by atoms with Gasteiger partial charge < -0.3 is 10.5 Å². The van der Waals surface area contributed by atoms with Crippen LogP contribution in [0.3, 0.4) is 0 Å². The lowest BCUT2D eigenvalue weighted by atomic mass is 10.0. The van der Waals surface area contributed by atoms with Crippen LogP contribution in [0.2, 0.25) is 0 Å². The molecule has 0 spiro atoms.